The standard InChI is InChI=1S/C19H21N3O4/c1-3-13(2)18(23)21-15-8-6-7-14(11-15)12-20-19(24)16-9-4-5-10-17(16)22(25)26/h4-11,13H,3,12H2,1-2H3,(H,20,24)(H,21,23). The second-order valence-corrected chi connectivity index (χ2v) is 5.96. The molecule has 2 aromatic rings. The number of carbonyl (C=O) groups excluding carboxylic acids is 2. The van der Waals surface area contributed by atoms with E-state index in [1.807, 2.05) is 13.8 Å². The summed E-state index contributed by atoms with van der Waals surface area (Å²) in [7, 11) is 0. The lowest BCUT2D eigenvalue weighted by Gasteiger charge is -2.11. The van der Waals surface area contributed by atoms with Crippen LogP contribution in [0, 0.1) is 16.0 Å². The number of nitrogens with zero attached hydrogens (tertiary/aromatic N) is 1. The smallest absolute Gasteiger partial charge is 0.282 e. The first-order valence-electron chi connectivity index (χ1n) is 8.33. The maximum absolute atomic E-state index is 12.2. The van der Waals surface area contributed by atoms with E-state index in [2.05, 4.69) is 10.6 Å². The number of amides is 2. The number of hydrogen-bond acceptors (Lipinski definition) is 4. The number of hydrogen-bond donors (Lipinski definition) is 2. The summed E-state index contributed by atoms with van der Waals surface area (Å²) in [6.07, 6.45) is 0.747. The number of nitro benzene ring substituents is 1. The van der Waals surface area contributed by atoms with E-state index in [1.165, 1.54) is 18.2 Å². The van der Waals surface area contributed by atoms with Crippen molar-refractivity contribution in [1.29, 1.82) is 0 Å². The molecule has 7 heteroatoms. The van der Waals surface area contributed by atoms with Crippen molar-refractivity contribution in [2.24, 2.45) is 5.92 Å². The SMILES string of the molecule is CCC(C)C(=O)Nc1cccc(CNC(=O)c2ccccc2[N+](=O)[O-])c1. The van der Waals surface area contributed by atoms with Gasteiger partial charge in [0.2, 0.25) is 5.91 Å². The van der Waals surface area contributed by atoms with Gasteiger partial charge in [-0.25, -0.2) is 0 Å². The average Bonchev–Trinajstić information content (AvgIpc) is 2.65. The Kier molecular flexibility index (Phi) is 6.43. The lowest BCUT2D eigenvalue weighted by molar-refractivity contribution is -0.385. The van der Waals surface area contributed by atoms with Crippen LogP contribution in [0.2, 0.25) is 0 Å². The van der Waals surface area contributed by atoms with Crippen molar-refractivity contribution in [2.45, 2.75) is 26.8 Å². The van der Waals surface area contributed by atoms with Crippen LogP contribution in [0.1, 0.15) is 36.2 Å². The molecule has 0 saturated carbocycles. The number of carbonyl (C=O) groups is 2. The highest BCUT2D eigenvalue weighted by Gasteiger charge is 2.18. The van der Waals surface area contributed by atoms with E-state index in [-0.39, 0.29) is 29.6 Å². The topological polar surface area (TPSA) is 101 Å². The minimum atomic E-state index is -0.583. The molecule has 0 aromatic heterocycles. The number of benzene rings is 2. The largest absolute Gasteiger partial charge is 0.348 e. The fraction of sp³-hybridized carbons (Fsp3) is 0.263. The summed E-state index contributed by atoms with van der Waals surface area (Å²) in [5.74, 6) is -0.670. The van der Waals surface area contributed by atoms with Crippen LogP contribution in [0.5, 0.6) is 0 Å². The quantitative estimate of drug-likeness (QED) is 0.586. The molecule has 1 atom stereocenters. The van der Waals surface area contributed by atoms with Crippen molar-refractivity contribution in [1.82, 2.24) is 5.32 Å². The maximum atomic E-state index is 12.2. The van der Waals surface area contributed by atoms with Crippen molar-refractivity contribution in [3.63, 3.8) is 0 Å². The molecule has 26 heavy (non-hydrogen) atoms. The number of nitrogens with one attached hydrogen (secondary N) is 2. The fourth-order valence-electron chi connectivity index (χ4n) is 2.31. The molecule has 2 rings (SSSR count). The molecule has 0 fully saturated rings. The minimum absolute atomic E-state index is 0.0127. The zero-order chi connectivity index (χ0) is 19.1. The molecule has 136 valence electrons. The van der Waals surface area contributed by atoms with Crippen LogP contribution in [0.4, 0.5) is 11.4 Å². The normalized spacial score (nSPS) is 11.5. The highest BCUT2D eigenvalue weighted by molar-refractivity contribution is 5.98. The Bertz CT molecular complexity index is 820. The van der Waals surface area contributed by atoms with E-state index in [0.29, 0.717) is 5.69 Å². The van der Waals surface area contributed by atoms with Gasteiger partial charge in [0.15, 0.2) is 0 Å². The van der Waals surface area contributed by atoms with E-state index in [1.54, 1.807) is 30.3 Å². The average molecular weight is 355 g/mol. The molecule has 0 spiro atoms. The van der Waals surface area contributed by atoms with Gasteiger partial charge in [-0.1, -0.05) is 38.1 Å². The first kappa shape index (κ1) is 19.1. The van der Waals surface area contributed by atoms with Gasteiger partial charge >= 0.3 is 0 Å². The summed E-state index contributed by atoms with van der Waals surface area (Å²) in [4.78, 5) is 34.6. The lowest BCUT2D eigenvalue weighted by atomic mass is 10.1. The zero-order valence-corrected chi connectivity index (χ0v) is 14.7. The molecule has 0 radical (unpaired) electrons. The van der Waals surface area contributed by atoms with Gasteiger partial charge < -0.3 is 10.6 Å². The Balaban J connectivity index is 2.04. The van der Waals surface area contributed by atoms with Crippen LogP contribution in [0.15, 0.2) is 48.5 Å². The summed E-state index contributed by atoms with van der Waals surface area (Å²) in [5, 5.41) is 16.5. The van der Waals surface area contributed by atoms with Crippen LogP contribution < -0.4 is 10.6 Å². The summed E-state index contributed by atoms with van der Waals surface area (Å²) in [6, 6.07) is 12.9. The second-order valence-electron chi connectivity index (χ2n) is 5.96. The molecule has 2 N–H and O–H groups in total. The van der Waals surface area contributed by atoms with Gasteiger partial charge in [-0.15, -0.1) is 0 Å². The van der Waals surface area contributed by atoms with E-state index < -0.39 is 10.8 Å². The Labute approximate surface area is 151 Å². The first-order valence-corrected chi connectivity index (χ1v) is 8.33. The van der Waals surface area contributed by atoms with Crippen LogP contribution >= 0.6 is 0 Å². The second kappa shape index (κ2) is 8.75. The molecule has 0 bridgehead atoms. The number of para-hydroxylation sites is 1. The van der Waals surface area contributed by atoms with Gasteiger partial charge in [-0.3, -0.25) is 19.7 Å². The molecule has 0 heterocycles. The highest BCUT2D eigenvalue weighted by Crippen LogP contribution is 2.18. The molecule has 2 amide bonds. The summed E-state index contributed by atoms with van der Waals surface area (Å²) >= 11 is 0. The van der Waals surface area contributed by atoms with Gasteiger partial charge in [-0.2, -0.15) is 0 Å². The summed E-state index contributed by atoms with van der Waals surface area (Å²) in [5.41, 5.74) is 1.20. The maximum Gasteiger partial charge on any atom is 0.282 e. The van der Waals surface area contributed by atoms with Crippen molar-refractivity contribution in [3.8, 4) is 0 Å². The molecule has 1 unspecified atom stereocenters. The van der Waals surface area contributed by atoms with E-state index >= 15 is 0 Å². The predicted molar refractivity (Wildman–Crippen MR) is 98.8 cm³/mol. The van der Waals surface area contributed by atoms with Crippen molar-refractivity contribution in [3.05, 3.63) is 69.8 Å². The van der Waals surface area contributed by atoms with E-state index in [9.17, 15) is 19.7 Å². The van der Waals surface area contributed by atoms with E-state index in [4.69, 9.17) is 0 Å². The summed E-state index contributed by atoms with van der Waals surface area (Å²) in [6.45, 7) is 3.99. The monoisotopic (exact) mass is 355 g/mol. The fourth-order valence-corrected chi connectivity index (χ4v) is 2.31. The summed E-state index contributed by atoms with van der Waals surface area (Å²) < 4.78 is 0. The predicted octanol–water partition coefficient (Wildman–Crippen LogP) is 3.51. The van der Waals surface area contributed by atoms with Gasteiger partial charge in [0.1, 0.15) is 5.56 Å². The van der Waals surface area contributed by atoms with Crippen LogP contribution in [0.25, 0.3) is 0 Å². The van der Waals surface area contributed by atoms with Crippen molar-refractivity contribution >= 4 is 23.2 Å². The highest BCUT2D eigenvalue weighted by atomic mass is 16.6. The third-order valence-electron chi connectivity index (χ3n) is 4.05. The number of anilines is 1. The van der Waals surface area contributed by atoms with Crippen molar-refractivity contribution < 1.29 is 14.5 Å². The third kappa shape index (κ3) is 4.89. The molecule has 0 aliphatic heterocycles. The lowest BCUT2D eigenvalue weighted by Crippen LogP contribution is -2.24. The Morgan fingerprint density at radius 1 is 1.15 bits per heavy atom. The molecule has 2 aromatic carbocycles. The van der Waals surface area contributed by atoms with Gasteiger partial charge in [0.25, 0.3) is 11.6 Å². The molecular weight excluding hydrogens is 334 g/mol. The van der Waals surface area contributed by atoms with Gasteiger partial charge in [-0.05, 0) is 30.2 Å². The minimum Gasteiger partial charge on any atom is -0.348 e. The molecular formula is C19H21N3O4. The van der Waals surface area contributed by atoms with Crippen LogP contribution in [-0.4, -0.2) is 16.7 Å². The molecule has 0 saturated heterocycles. The molecule has 0 aliphatic carbocycles. The van der Waals surface area contributed by atoms with E-state index in [0.717, 1.165) is 12.0 Å². The van der Waals surface area contributed by atoms with Crippen molar-refractivity contribution in [2.75, 3.05) is 5.32 Å². The Morgan fingerprint density at radius 3 is 2.58 bits per heavy atom. The van der Waals surface area contributed by atoms with Crippen LogP contribution in [0.3, 0.4) is 0 Å². The van der Waals surface area contributed by atoms with Crippen LogP contribution in [-0.2, 0) is 11.3 Å². The zero-order valence-electron chi connectivity index (χ0n) is 14.7. The Hall–Kier alpha value is -3.22. The third-order valence-corrected chi connectivity index (χ3v) is 4.05. The first-order chi connectivity index (χ1) is 12.4. The van der Waals surface area contributed by atoms with Gasteiger partial charge in [0.05, 0.1) is 4.92 Å². The number of rotatable bonds is 7. The molecule has 7 nitrogen and oxygen atoms in total. The Morgan fingerprint density at radius 2 is 1.88 bits per heavy atom. The van der Waals surface area contributed by atoms with Gasteiger partial charge in [0, 0.05) is 24.2 Å². The number of nitro groups is 1. The molecule has 0 aliphatic rings.